The van der Waals surface area contributed by atoms with Gasteiger partial charge >= 0.3 is 0 Å². The van der Waals surface area contributed by atoms with E-state index in [0.717, 1.165) is 23.1 Å². The normalized spacial score (nSPS) is 15.8. The van der Waals surface area contributed by atoms with E-state index >= 15 is 0 Å². The van der Waals surface area contributed by atoms with Crippen molar-refractivity contribution in [3.63, 3.8) is 0 Å². The van der Waals surface area contributed by atoms with Crippen LogP contribution < -0.4 is 10.6 Å². The Kier molecular flexibility index (Phi) is 3.74. The van der Waals surface area contributed by atoms with Crippen molar-refractivity contribution in [1.82, 2.24) is 4.98 Å². The van der Waals surface area contributed by atoms with Gasteiger partial charge in [-0.1, -0.05) is 18.9 Å². The molecule has 0 bridgehead atoms. The number of nitrogens with zero attached hydrogens (tertiary/aromatic N) is 2. The van der Waals surface area contributed by atoms with Gasteiger partial charge in [0.2, 0.25) is 0 Å². The molecule has 0 radical (unpaired) electrons. The Morgan fingerprint density at radius 1 is 1.25 bits per heavy atom. The van der Waals surface area contributed by atoms with Crippen molar-refractivity contribution >= 4 is 16.6 Å². The molecule has 0 unspecified atom stereocenters. The number of aromatic hydroxyl groups is 1. The molecular weight excluding hydrogens is 250 g/mol. The topological polar surface area (TPSA) is 62.4 Å². The molecule has 2 aromatic rings. The van der Waals surface area contributed by atoms with Crippen LogP contribution in [0.25, 0.3) is 10.8 Å². The van der Waals surface area contributed by atoms with Crippen molar-refractivity contribution in [3.8, 4) is 5.75 Å². The van der Waals surface area contributed by atoms with E-state index in [9.17, 15) is 5.11 Å². The first kappa shape index (κ1) is 13.2. The van der Waals surface area contributed by atoms with Gasteiger partial charge in [0.1, 0.15) is 11.6 Å². The molecule has 3 rings (SSSR count). The number of hydrogen-bond donors (Lipinski definition) is 2. The smallest absolute Gasteiger partial charge is 0.136 e. The number of phenolic OH excluding ortho intramolecular Hbond substituents is 1. The van der Waals surface area contributed by atoms with Gasteiger partial charge in [-0.25, -0.2) is 4.98 Å². The van der Waals surface area contributed by atoms with Crippen LogP contribution in [0.15, 0.2) is 30.5 Å². The van der Waals surface area contributed by atoms with Crippen LogP contribution in [0.2, 0.25) is 0 Å². The maximum Gasteiger partial charge on any atom is 0.136 e. The number of anilines is 1. The molecule has 1 heterocycles. The van der Waals surface area contributed by atoms with Crippen molar-refractivity contribution in [1.29, 1.82) is 0 Å². The predicted octanol–water partition coefficient (Wildman–Crippen LogP) is 2.65. The Morgan fingerprint density at radius 2 is 2.05 bits per heavy atom. The summed E-state index contributed by atoms with van der Waals surface area (Å²) in [4.78, 5) is 6.90. The maximum atomic E-state index is 9.76. The number of rotatable bonds is 4. The van der Waals surface area contributed by atoms with Crippen LogP contribution in [0.5, 0.6) is 5.75 Å². The minimum Gasteiger partial charge on any atom is -0.508 e. The summed E-state index contributed by atoms with van der Waals surface area (Å²) >= 11 is 0. The Hall–Kier alpha value is -1.81. The predicted molar refractivity (Wildman–Crippen MR) is 82.1 cm³/mol. The first-order chi connectivity index (χ1) is 9.79. The van der Waals surface area contributed by atoms with Crippen molar-refractivity contribution in [3.05, 3.63) is 30.5 Å². The fraction of sp³-hybridized carbons (Fsp3) is 0.438. The SMILES string of the molecule is NCCN(c1nccc2ccc(O)cc12)C1CCCC1. The summed E-state index contributed by atoms with van der Waals surface area (Å²) in [6.07, 6.45) is 6.81. The lowest BCUT2D eigenvalue weighted by Gasteiger charge is -2.30. The van der Waals surface area contributed by atoms with E-state index in [1.807, 2.05) is 18.3 Å². The molecule has 1 aromatic heterocycles. The highest BCUT2D eigenvalue weighted by Gasteiger charge is 2.24. The van der Waals surface area contributed by atoms with E-state index in [0.29, 0.717) is 12.6 Å². The Balaban J connectivity index is 2.07. The summed E-state index contributed by atoms with van der Waals surface area (Å²) in [7, 11) is 0. The molecule has 3 N–H and O–H groups in total. The van der Waals surface area contributed by atoms with E-state index in [4.69, 9.17) is 5.73 Å². The molecule has 106 valence electrons. The van der Waals surface area contributed by atoms with Crippen molar-refractivity contribution < 1.29 is 5.11 Å². The highest BCUT2D eigenvalue weighted by Crippen LogP contribution is 2.32. The summed E-state index contributed by atoms with van der Waals surface area (Å²) in [6, 6.07) is 7.96. The largest absolute Gasteiger partial charge is 0.508 e. The van der Waals surface area contributed by atoms with Crippen molar-refractivity contribution in [2.45, 2.75) is 31.7 Å². The Morgan fingerprint density at radius 3 is 2.80 bits per heavy atom. The molecule has 20 heavy (non-hydrogen) atoms. The second-order valence-corrected chi connectivity index (χ2v) is 5.46. The van der Waals surface area contributed by atoms with Crippen LogP contribution in [-0.4, -0.2) is 29.2 Å². The van der Waals surface area contributed by atoms with Gasteiger partial charge < -0.3 is 15.7 Å². The monoisotopic (exact) mass is 271 g/mol. The number of nitrogens with two attached hydrogens (primary N) is 1. The number of aromatic nitrogens is 1. The molecule has 1 aliphatic carbocycles. The van der Waals surface area contributed by atoms with E-state index in [1.54, 1.807) is 12.1 Å². The average molecular weight is 271 g/mol. The van der Waals surface area contributed by atoms with Crippen LogP contribution in [-0.2, 0) is 0 Å². The highest BCUT2D eigenvalue weighted by atomic mass is 16.3. The maximum absolute atomic E-state index is 9.76. The zero-order valence-electron chi connectivity index (χ0n) is 11.6. The second-order valence-electron chi connectivity index (χ2n) is 5.46. The van der Waals surface area contributed by atoms with Gasteiger partial charge in [-0.05, 0) is 36.4 Å². The summed E-state index contributed by atoms with van der Waals surface area (Å²) in [5, 5.41) is 11.9. The number of benzene rings is 1. The van der Waals surface area contributed by atoms with Gasteiger partial charge in [0.05, 0.1) is 0 Å². The average Bonchev–Trinajstić information content (AvgIpc) is 2.98. The van der Waals surface area contributed by atoms with Crippen molar-refractivity contribution in [2.24, 2.45) is 5.73 Å². The number of hydrogen-bond acceptors (Lipinski definition) is 4. The molecule has 1 fully saturated rings. The van der Waals surface area contributed by atoms with Gasteiger partial charge in [-0.15, -0.1) is 0 Å². The van der Waals surface area contributed by atoms with Crippen LogP contribution in [0.4, 0.5) is 5.82 Å². The van der Waals surface area contributed by atoms with Crippen LogP contribution >= 0.6 is 0 Å². The fourth-order valence-electron chi connectivity index (χ4n) is 3.19. The fourth-order valence-corrected chi connectivity index (χ4v) is 3.19. The molecule has 4 nitrogen and oxygen atoms in total. The minimum absolute atomic E-state index is 0.283. The Labute approximate surface area is 119 Å². The molecule has 0 atom stereocenters. The summed E-state index contributed by atoms with van der Waals surface area (Å²) < 4.78 is 0. The van der Waals surface area contributed by atoms with Crippen LogP contribution in [0, 0.1) is 0 Å². The van der Waals surface area contributed by atoms with E-state index in [-0.39, 0.29) is 5.75 Å². The number of phenols is 1. The molecule has 1 aromatic carbocycles. The lowest BCUT2D eigenvalue weighted by Crippen LogP contribution is -2.38. The number of pyridine rings is 1. The first-order valence-corrected chi connectivity index (χ1v) is 7.34. The molecule has 0 amide bonds. The molecule has 0 saturated heterocycles. The van der Waals surface area contributed by atoms with E-state index < -0.39 is 0 Å². The lowest BCUT2D eigenvalue weighted by molar-refractivity contribution is 0.476. The lowest BCUT2D eigenvalue weighted by atomic mass is 10.1. The van der Waals surface area contributed by atoms with Gasteiger partial charge in [0, 0.05) is 30.7 Å². The summed E-state index contributed by atoms with van der Waals surface area (Å²) in [5.74, 6) is 1.24. The standard InChI is InChI=1S/C16H21N3O/c17-8-10-19(13-3-1-2-4-13)16-15-11-14(20)6-5-12(15)7-9-18-16/h5-7,9,11,13,20H,1-4,8,10,17H2. The summed E-state index contributed by atoms with van der Waals surface area (Å²) in [5.41, 5.74) is 5.79. The Bertz CT molecular complexity index is 593. The van der Waals surface area contributed by atoms with E-state index in [2.05, 4.69) is 9.88 Å². The number of fused-ring (bicyclic) bond motifs is 1. The van der Waals surface area contributed by atoms with Gasteiger partial charge in [0.15, 0.2) is 0 Å². The van der Waals surface area contributed by atoms with Gasteiger partial charge in [-0.2, -0.15) is 0 Å². The zero-order valence-corrected chi connectivity index (χ0v) is 11.6. The van der Waals surface area contributed by atoms with Gasteiger partial charge in [-0.3, -0.25) is 0 Å². The molecule has 4 heteroatoms. The molecule has 1 aliphatic rings. The van der Waals surface area contributed by atoms with E-state index in [1.165, 1.54) is 25.7 Å². The third kappa shape index (κ3) is 2.43. The third-order valence-electron chi connectivity index (χ3n) is 4.14. The third-order valence-corrected chi connectivity index (χ3v) is 4.14. The second kappa shape index (κ2) is 5.67. The zero-order chi connectivity index (χ0) is 13.9. The van der Waals surface area contributed by atoms with Crippen LogP contribution in [0.1, 0.15) is 25.7 Å². The molecule has 1 saturated carbocycles. The van der Waals surface area contributed by atoms with Crippen molar-refractivity contribution in [2.75, 3.05) is 18.0 Å². The highest BCUT2D eigenvalue weighted by molar-refractivity contribution is 5.93. The van der Waals surface area contributed by atoms with Gasteiger partial charge in [0.25, 0.3) is 0 Å². The molecule has 0 aliphatic heterocycles. The minimum atomic E-state index is 0.283. The summed E-state index contributed by atoms with van der Waals surface area (Å²) in [6.45, 7) is 1.43. The quantitative estimate of drug-likeness (QED) is 0.897. The molecule has 0 spiro atoms. The van der Waals surface area contributed by atoms with Crippen LogP contribution in [0.3, 0.4) is 0 Å². The molecular formula is C16H21N3O. The first-order valence-electron chi connectivity index (χ1n) is 7.34.